The SMILES string of the molecule is Cc1cccc(-c2nc(CO[C@H]3CCC[C@@H](OCC(OCc4ccc(C(F)(F)F)cc4)C(=O)O)C3)c(C)o2)c1.FC(F)(F)c1ccc(CBr)cc1. The Kier molecular flexibility index (Phi) is 14.3. The molecule has 0 amide bonds. The topological polar surface area (TPSA) is 91.0 Å². The van der Waals surface area contributed by atoms with Gasteiger partial charge < -0.3 is 23.7 Å². The lowest BCUT2D eigenvalue weighted by molar-refractivity contribution is -0.159. The summed E-state index contributed by atoms with van der Waals surface area (Å²) in [6.45, 7) is 3.85. The summed E-state index contributed by atoms with van der Waals surface area (Å²) in [5, 5.41) is 10.1. The van der Waals surface area contributed by atoms with Crippen molar-refractivity contribution < 1.29 is 54.9 Å². The molecule has 0 radical (unpaired) electrons. The van der Waals surface area contributed by atoms with Gasteiger partial charge in [-0.05, 0) is 87.1 Å². The molecule has 1 aliphatic carbocycles. The maximum atomic E-state index is 12.7. The highest BCUT2D eigenvalue weighted by Gasteiger charge is 2.31. The van der Waals surface area contributed by atoms with E-state index in [4.69, 9.17) is 18.6 Å². The average Bonchev–Trinajstić information content (AvgIpc) is 3.47. The number of oxazole rings is 1. The number of carbonyl (C=O) groups is 1. The fraction of sp³-hybridized carbons (Fsp3) is 0.405. The number of carboxylic acids is 1. The second-order valence-corrected chi connectivity index (χ2v) is 12.7. The van der Waals surface area contributed by atoms with E-state index in [9.17, 15) is 36.2 Å². The molecule has 7 nitrogen and oxygen atoms in total. The molecule has 1 aromatic heterocycles. The summed E-state index contributed by atoms with van der Waals surface area (Å²) in [6.07, 6.45) is -7.08. The lowest BCUT2D eigenvalue weighted by Gasteiger charge is -2.29. The third-order valence-electron chi connectivity index (χ3n) is 8.12. The third kappa shape index (κ3) is 12.5. The second-order valence-electron chi connectivity index (χ2n) is 12.1. The summed E-state index contributed by atoms with van der Waals surface area (Å²) in [7, 11) is 0. The Labute approximate surface area is 300 Å². The fourth-order valence-corrected chi connectivity index (χ4v) is 5.62. The van der Waals surface area contributed by atoms with Gasteiger partial charge in [-0.15, -0.1) is 0 Å². The molecule has 0 spiro atoms. The van der Waals surface area contributed by atoms with E-state index >= 15 is 0 Å². The number of ether oxygens (including phenoxy) is 3. The van der Waals surface area contributed by atoms with Crippen molar-refractivity contribution in [3.63, 3.8) is 0 Å². The van der Waals surface area contributed by atoms with Gasteiger partial charge in [0.2, 0.25) is 5.89 Å². The van der Waals surface area contributed by atoms with Crippen LogP contribution in [0.2, 0.25) is 0 Å². The van der Waals surface area contributed by atoms with Gasteiger partial charge in [-0.1, -0.05) is 57.9 Å². The van der Waals surface area contributed by atoms with Crippen molar-refractivity contribution in [1.29, 1.82) is 0 Å². The molecule has 51 heavy (non-hydrogen) atoms. The van der Waals surface area contributed by atoms with Crippen molar-refractivity contribution in [2.24, 2.45) is 0 Å². The first-order valence-corrected chi connectivity index (χ1v) is 17.2. The molecule has 1 saturated carbocycles. The zero-order valence-electron chi connectivity index (χ0n) is 27.9. The molecule has 5 rings (SSSR count). The van der Waals surface area contributed by atoms with Gasteiger partial charge in [0.1, 0.15) is 11.5 Å². The van der Waals surface area contributed by atoms with E-state index in [1.165, 1.54) is 24.3 Å². The summed E-state index contributed by atoms with van der Waals surface area (Å²) >= 11 is 3.15. The zero-order valence-corrected chi connectivity index (χ0v) is 29.5. The minimum absolute atomic E-state index is 0.0707. The lowest BCUT2D eigenvalue weighted by atomic mass is 9.95. The molecule has 1 aliphatic rings. The number of aryl methyl sites for hydroxylation is 2. The number of alkyl halides is 7. The standard InChI is InChI=1S/C29H32F3NO6.C8H6BrF3/c1-18-5-3-6-21(13-18)27-33-25(19(2)39-27)16-36-23-7-4-8-24(14-23)37-17-26(28(34)35)38-15-20-9-11-22(12-10-20)29(30,31)32;9-5-6-1-3-7(4-2-6)8(10,11)12/h3,5-6,9-13,23-24,26H,4,7-8,14-17H2,1-2H3,(H,34,35);1-4H,5H2/t23-,24+,26?;/m0./s1. The van der Waals surface area contributed by atoms with Crippen molar-refractivity contribution in [3.05, 3.63) is 112 Å². The normalized spacial score (nSPS) is 17.0. The molecule has 1 unspecified atom stereocenters. The number of carboxylic acid groups (broad SMARTS) is 1. The number of halogens is 7. The Morgan fingerprint density at radius 3 is 2.02 bits per heavy atom. The Hall–Kier alpha value is -3.72. The molecule has 0 bridgehead atoms. The number of rotatable bonds is 12. The number of hydrogen-bond acceptors (Lipinski definition) is 6. The van der Waals surface area contributed by atoms with Gasteiger partial charge in [-0.2, -0.15) is 26.3 Å². The van der Waals surface area contributed by atoms with E-state index in [2.05, 4.69) is 20.9 Å². The van der Waals surface area contributed by atoms with Crippen LogP contribution < -0.4 is 0 Å². The quantitative estimate of drug-likeness (QED) is 0.113. The monoisotopic (exact) mass is 785 g/mol. The van der Waals surface area contributed by atoms with Crippen LogP contribution in [0.3, 0.4) is 0 Å². The number of aliphatic carboxylic acids is 1. The molecule has 4 aromatic rings. The molecular formula is C37H38BrF6NO6. The summed E-state index contributed by atoms with van der Waals surface area (Å²) in [6, 6.07) is 17.4. The molecule has 1 fully saturated rings. The van der Waals surface area contributed by atoms with Crippen LogP contribution in [0.5, 0.6) is 0 Å². The number of nitrogens with zero attached hydrogens (tertiary/aromatic N) is 1. The molecule has 14 heteroatoms. The van der Waals surface area contributed by atoms with Crippen LogP contribution in [0.15, 0.2) is 77.2 Å². The number of aromatic nitrogens is 1. The molecule has 0 aliphatic heterocycles. The first-order valence-electron chi connectivity index (χ1n) is 16.1. The molecule has 3 aromatic carbocycles. The van der Waals surface area contributed by atoms with Crippen LogP contribution in [0, 0.1) is 13.8 Å². The summed E-state index contributed by atoms with van der Waals surface area (Å²) in [4.78, 5) is 16.3. The smallest absolute Gasteiger partial charge is 0.416 e. The van der Waals surface area contributed by atoms with Crippen LogP contribution in [-0.4, -0.2) is 41.0 Å². The van der Waals surface area contributed by atoms with Crippen LogP contribution >= 0.6 is 15.9 Å². The van der Waals surface area contributed by atoms with Crippen LogP contribution in [0.4, 0.5) is 26.3 Å². The maximum absolute atomic E-state index is 12.7. The third-order valence-corrected chi connectivity index (χ3v) is 8.77. The lowest BCUT2D eigenvalue weighted by Crippen LogP contribution is -2.34. The molecule has 1 N–H and O–H groups in total. The maximum Gasteiger partial charge on any atom is 0.416 e. The van der Waals surface area contributed by atoms with Crippen molar-refractivity contribution >= 4 is 21.9 Å². The van der Waals surface area contributed by atoms with Crippen LogP contribution in [0.1, 0.15) is 65.0 Å². The fourth-order valence-electron chi connectivity index (χ4n) is 5.25. The summed E-state index contributed by atoms with van der Waals surface area (Å²) in [5.74, 6) is 0.0525. The van der Waals surface area contributed by atoms with E-state index in [1.54, 1.807) is 0 Å². The number of benzene rings is 3. The Bertz CT molecular complexity index is 1690. The molecule has 1 heterocycles. The average molecular weight is 787 g/mol. The van der Waals surface area contributed by atoms with Crippen molar-refractivity contribution in [2.45, 2.75) is 88.7 Å². The summed E-state index contributed by atoms with van der Waals surface area (Å²) < 4.78 is 97.5. The van der Waals surface area contributed by atoms with Crippen molar-refractivity contribution in [3.8, 4) is 11.5 Å². The van der Waals surface area contributed by atoms with Gasteiger partial charge in [0.25, 0.3) is 0 Å². The second kappa shape index (κ2) is 18.2. The van der Waals surface area contributed by atoms with E-state index in [1.807, 2.05) is 38.1 Å². The van der Waals surface area contributed by atoms with Gasteiger partial charge in [0.05, 0.1) is 43.2 Å². The van der Waals surface area contributed by atoms with Crippen molar-refractivity contribution in [1.82, 2.24) is 4.98 Å². The minimum atomic E-state index is -4.43. The largest absolute Gasteiger partial charge is 0.479 e. The van der Waals surface area contributed by atoms with E-state index in [0.717, 1.165) is 65.9 Å². The first-order chi connectivity index (χ1) is 24.1. The molecular weight excluding hydrogens is 748 g/mol. The van der Waals surface area contributed by atoms with Gasteiger partial charge in [0, 0.05) is 10.9 Å². The minimum Gasteiger partial charge on any atom is -0.479 e. The zero-order chi connectivity index (χ0) is 37.2. The van der Waals surface area contributed by atoms with E-state index in [-0.39, 0.29) is 25.4 Å². The highest BCUT2D eigenvalue weighted by atomic mass is 79.9. The number of hydrogen-bond donors (Lipinski definition) is 1. The van der Waals surface area contributed by atoms with Crippen LogP contribution in [-0.2, 0) is 49.9 Å². The predicted octanol–water partition coefficient (Wildman–Crippen LogP) is 10.1. The van der Waals surface area contributed by atoms with Gasteiger partial charge in [-0.25, -0.2) is 9.78 Å². The first kappa shape index (κ1) is 40.1. The van der Waals surface area contributed by atoms with E-state index in [0.29, 0.717) is 35.6 Å². The van der Waals surface area contributed by atoms with E-state index < -0.39 is 35.6 Å². The van der Waals surface area contributed by atoms with Gasteiger partial charge >= 0.3 is 18.3 Å². The Morgan fingerprint density at radius 1 is 0.882 bits per heavy atom. The molecule has 276 valence electrons. The molecule has 3 atom stereocenters. The predicted molar refractivity (Wildman–Crippen MR) is 180 cm³/mol. The highest BCUT2D eigenvalue weighted by molar-refractivity contribution is 9.08. The Morgan fingerprint density at radius 2 is 1.47 bits per heavy atom. The molecule has 0 saturated heterocycles. The van der Waals surface area contributed by atoms with Crippen molar-refractivity contribution in [2.75, 3.05) is 6.61 Å². The highest BCUT2D eigenvalue weighted by Crippen LogP contribution is 2.31. The Balaban J connectivity index is 0.000000411. The van der Waals surface area contributed by atoms with Gasteiger partial charge in [0.15, 0.2) is 6.10 Å². The summed E-state index contributed by atoms with van der Waals surface area (Å²) in [5.41, 5.74) is 2.65. The van der Waals surface area contributed by atoms with Crippen LogP contribution in [0.25, 0.3) is 11.5 Å². The van der Waals surface area contributed by atoms with Gasteiger partial charge in [-0.3, -0.25) is 0 Å².